The number of benzene rings is 1. The number of nitrogens with one attached hydrogen (secondary N) is 1. The fraction of sp³-hybridized carbons (Fsp3) is 0.625. The van der Waals surface area contributed by atoms with Crippen LogP contribution in [-0.4, -0.2) is 43.7 Å². The SMILES string of the molecule is CCCN(CC1CCOc2ccccc21)C1CNC1. The number of fused-ring (bicyclic) bond motifs is 1. The van der Waals surface area contributed by atoms with Crippen molar-refractivity contribution in [2.45, 2.75) is 31.7 Å². The first-order valence-corrected chi connectivity index (χ1v) is 7.55. The number of para-hydroxylation sites is 1. The third-order valence-corrected chi connectivity index (χ3v) is 4.32. The normalized spacial score (nSPS) is 22.7. The van der Waals surface area contributed by atoms with Gasteiger partial charge in [0.05, 0.1) is 6.61 Å². The van der Waals surface area contributed by atoms with Crippen LogP contribution in [-0.2, 0) is 0 Å². The molecule has 0 saturated carbocycles. The third-order valence-electron chi connectivity index (χ3n) is 4.32. The summed E-state index contributed by atoms with van der Waals surface area (Å²) in [4.78, 5) is 2.67. The highest BCUT2D eigenvalue weighted by molar-refractivity contribution is 5.38. The van der Waals surface area contributed by atoms with E-state index >= 15 is 0 Å². The molecule has 2 heterocycles. The Balaban J connectivity index is 1.71. The summed E-state index contributed by atoms with van der Waals surface area (Å²) in [5.74, 6) is 1.74. The Labute approximate surface area is 115 Å². The number of ether oxygens (including phenoxy) is 1. The highest BCUT2D eigenvalue weighted by Crippen LogP contribution is 2.34. The summed E-state index contributed by atoms with van der Waals surface area (Å²) < 4.78 is 5.77. The number of nitrogens with zero attached hydrogens (tertiary/aromatic N) is 1. The molecule has 0 radical (unpaired) electrons. The lowest BCUT2D eigenvalue weighted by atomic mass is 9.91. The minimum atomic E-state index is 0.636. The molecule has 3 rings (SSSR count). The first-order valence-electron chi connectivity index (χ1n) is 7.55. The zero-order chi connectivity index (χ0) is 13.1. The van der Waals surface area contributed by atoms with E-state index in [2.05, 4.69) is 41.4 Å². The predicted molar refractivity (Wildman–Crippen MR) is 77.8 cm³/mol. The van der Waals surface area contributed by atoms with Crippen LogP contribution in [0.1, 0.15) is 31.2 Å². The van der Waals surface area contributed by atoms with Gasteiger partial charge in [-0.3, -0.25) is 4.90 Å². The molecule has 0 amide bonds. The summed E-state index contributed by atoms with van der Waals surface area (Å²) in [5, 5.41) is 3.39. The fourth-order valence-corrected chi connectivity index (χ4v) is 3.13. The topological polar surface area (TPSA) is 24.5 Å². The lowest BCUT2D eigenvalue weighted by molar-refractivity contribution is 0.126. The molecule has 2 aliphatic rings. The van der Waals surface area contributed by atoms with Crippen molar-refractivity contribution in [1.29, 1.82) is 0 Å². The highest BCUT2D eigenvalue weighted by Gasteiger charge is 2.29. The lowest BCUT2D eigenvalue weighted by Gasteiger charge is -2.41. The van der Waals surface area contributed by atoms with Gasteiger partial charge in [-0.15, -0.1) is 0 Å². The van der Waals surface area contributed by atoms with Crippen LogP contribution in [0.3, 0.4) is 0 Å². The maximum Gasteiger partial charge on any atom is 0.122 e. The molecule has 1 saturated heterocycles. The predicted octanol–water partition coefficient (Wildman–Crippen LogP) is 2.24. The molecule has 1 N–H and O–H groups in total. The summed E-state index contributed by atoms with van der Waals surface area (Å²) in [6.45, 7) is 7.85. The average molecular weight is 260 g/mol. The Morgan fingerprint density at radius 2 is 2.16 bits per heavy atom. The molecule has 3 nitrogen and oxygen atoms in total. The van der Waals surface area contributed by atoms with Crippen LogP contribution >= 0.6 is 0 Å². The van der Waals surface area contributed by atoms with Gasteiger partial charge in [0, 0.05) is 31.6 Å². The molecule has 1 aromatic rings. The number of hydrogen-bond donors (Lipinski definition) is 1. The van der Waals surface area contributed by atoms with Crippen molar-refractivity contribution in [1.82, 2.24) is 10.2 Å². The lowest BCUT2D eigenvalue weighted by Crippen LogP contribution is -2.58. The van der Waals surface area contributed by atoms with Crippen molar-refractivity contribution in [3.8, 4) is 5.75 Å². The van der Waals surface area contributed by atoms with E-state index in [0.717, 1.165) is 37.9 Å². The Morgan fingerprint density at radius 3 is 2.89 bits per heavy atom. The molecule has 0 aromatic heterocycles. The van der Waals surface area contributed by atoms with E-state index in [9.17, 15) is 0 Å². The zero-order valence-electron chi connectivity index (χ0n) is 11.8. The van der Waals surface area contributed by atoms with E-state index in [0.29, 0.717) is 5.92 Å². The van der Waals surface area contributed by atoms with Crippen molar-refractivity contribution in [2.75, 3.05) is 32.8 Å². The molecule has 1 unspecified atom stereocenters. The molecule has 19 heavy (non-hydrogen) atoms. The molecule has 0 aliphatic carbocycles. The third kappa shape index (κ3) is 2.77. The molecule has 0 spiro atoms. The average Bonchev–Trinajstić information content (AvgIpc) is 2.37. The number of rotatable bonds is 5. The molecule has 1 fully saturated rings. The Morgan fingerprint density at radius 1 is 1.32 bits per heavy atom. The molecule has 3 heteroatoms. The van der Waals surface area contributed by atoms with Crippen molar-refractivity contribution >= 4 is 0 Å². The fourth-order valence-electron chi connectivity index (χ4n) is 3.13. The summed E-state index contributed by atoms with van der Waals surface area (Å²) >= 11 is 0. The van der Waals surface area contributed by atoms with Gasteiger partial charge in [0.15, 0.2) is 0 Å². The molecule has 1 aromatic carbocycles. The smallest absolute Gasteiger partial charge is 0.122 e. The van der Waals surface area contributed by atoms with Crippen molar-refractivity contribution < 1.29 is 4.74 Å². The van der Waals surface area contributed by atoms with E-state index in [1.165, 1.54) is 25.1 Å². The van der Waals surface area contributed by atoms with Crippen molar-refractivity contribution in [3.05, 3.63) is 29.8 Å². The standard InChI is InChI=1S/C16H24N2O/c1-2-8-18(14-10-17-11-14)12-13-7-9-19-16-6-4-3-5-15(13)16/h3-6,13-14,17H,2,7-12H2,1H3. The van der Waals surface area contributed by atoms with Gasteiger partial charge in [0.25, 0.3) is 0 Å². The largest absolute Gasteiger partial charge is 0.493 e. The molecular weight excluding hydrogens is 236 g/mol. The second kappa shape index (κ2) is 5.93. The van der Waals surface area contributed by atoms with Crippen LogP contribution in [0.25, 0.3) is 0 Å². The quantitative estimate of drug-likeness (QED) is 0.878. The van der Waals surface area contributed by atoms with Crippen molar-refractivity contribution in [2.24, 2.45) is 0 Å². The Bertz CT molecular complexity index is 417. The molecule has 0 bridgehead atoms. The minimum absolute atomic E-state index is 0.636. The monoisotopic (exact) mass is 260 g/mol. The molecular formula is C16H24N2O. The summed E-state index contributed by atoms with van der Waals surface area (Å²) in [6, 6.07) is 9.30. The number of hydrogen-bond acceptors (Lipinski definition) is 3. The minimum Gasteiger partial charge on any atom is -0.493 e. The molecule has 2 aliphatic heterocycles. The van der Waals surface area contributed by atoms with E-state index in [-0.39, 0.29) is 0 Å². The summed E-state index contributed by atoms with van der Waals surface area (Å²) in [6.07, 6.45) is 2.39. The van der Waals surface area contributed by atoms with E-state index in [1.54, 1.807) is 0 Å². The summed E-state index contributed by atoms with van der Waals surface area (Å²) in [7, 11) is 0. The van der Waals surface area contributed by atoms with Crippen LogP contribution in [0.4, 0.5) is 0 Å². The van der Waals surface area contributed by atoms with Gasteiger partial charge < -0.3 is 10.1 Å². The van der Waals surface area contributed by atoms with Gasteiger partial charge in [-0.2, -0.15) is 0 Å². The van der Waals surface area contributed by atoms with Gasteiger partial charge in [0.1, 0.15) is 5.75 Å². The highest BCUT2D eigenvalue weighted by atomic mass is 16.5. The van der Waals surface area contributed by atoms with Gasteiger partial charge >= 0.3 is 0 Å². The van der Waals surface area contributed by atoms with Gasteiger partial charge in [-0.1, -0.05) is 25.1 Å². The molecule has 104 valence electrons. The second-order valence-electron chi connectivity index (χ2n) is 5.68. The van der Waals surface area contributed by atoms with E-state index in [4.69, 9.17) is 4.74 Å². The maximum atomic E-state index is 5.77. The Kier molecular flexibility index (Phi) is 4.04. The Hall–Kier alpha value is -1.06. The second-order valence-corrected chi connectivity index (χ2v) is 5.68. The van der Waals surface area contributed by atoms with E-state index in [1.807, 2.05) is 0 Å². The van der Waals surface area contributed by atoms with Crippen LogP contribution < -0.4 is 10.1 Å². The van der Waals surface area contributed by atoms with Gasteiger partial charge in [-0.05, 0) is 31.0 Å². The van der Waals surface area contributed by atoms with Gasteiger partial charge in [-0.25, -0.2) is 0 Å². The van der Waals surface area contributed by atoms with Crippen LogP contribution in [0.2, 0.25) is 0 Å². The first kappa shape index (κ1) is 12.9. The molecule has 1 atom stereocenters. The maximum absolute atomic E-state index is 5.77. The van der Waals surface area contributed by atoms with Gasteiger partial charge in [0.2, 0.25) is 0 Å². The van der Waals surface area contributed by atoms with Crippen LogP contribution in [0.15, 0.2) is 24.3 Å². The van der Waals surface area contributed by atoms with Crippen LogP contribution in [0, 0.1) is 0 Å². The van der Waals surface area contributed by atoms with Crippen LogP contribution in [0.5, 0.6) is 5.75 Å². The first-order chi connectivity index (χ1) is 9.38. The van der Waals surface area contributed by atoms with E-state index < -0.39 is 0 Å². The summed E-state index contributed by atoms with van der Waals surface area (Å²) in [5.41, 5.74) is 1.40. The van der Waals surface area contributed by atoms with Crippen molar-refractivity contribution in [3.63, 3.8) is 0 Å². The zero-order valence-corrected chi connectivity index (χ0v) is 11.8.